The molecular weight excluding hydrogens is 196 g/mol. The van der Waals surface area contributed by atoms with Gasteiger partial charge in [0.25, 0.3) is 0 Å². The standard InChI is InChI=1S/C9H16N4O2/c1-7(6-14)12(2)9(15)5-13-4-8(10)3-11-13/h3-4,7,14H,5-6,10H2,1-2H3. The molecule has 1 unspecified atom stereocenters. The maximum absolute atomic E-state index is 11.6. The van der Waals surface area contributed by atoms with Crippen molar-refractivity contribution in [2.24, 2.45) is 0 Å². The zero-order valence-electron chi connectivity index (χ0n) is 8.92. The summed E-state index contributed by atoms with van der Waals surface area (Å²) in [4.78, 5) is 13.1. The van der Waals surface area contributed by atoms with Crippen molar-refractivity contribution < 1.29 is 9.90 Å². The third-order valence-corrected chi connectivity index (χ3v) is 2.27. The molecule has 1 amide bonds. The second-order valence-electron chi connectivity index (χ2n) is 3.51. The number of likely N-dealkylation sites (N-methyl/N-ethyl adjacent to an activating group) is 1. The van der Waals surface area contributed by atoms with E-state index < -0.39 is 0 Å². The maximum Gasteiger partial charge on any atom is 0.244 e. The number of carbonyl (C=O) groups excluding carboxylic acids is 1. The SMILES string of the molecule is CC(CO)N(C)C(=O)Cn1cc(N)cn1. The van der Waals surface area contributed by atoms with Gasteiger partial charge >= 0.3 is 0 Å². The van der Waals surface area contributed by atoms with Crippen LogP contribution in [0, 0.1) is 0 Å². The average molecular weight is 212 g/mol. The van der Waals surface area contributed by atoms with Gasteiger partial charge in [0.15, 0.2) is 0 Å². The molecule has 1 rings (SSSR count). The highest BCUT2D eigenvalue weighted by molar-refractivity contribution is 5.76. The van der Waals surface area contributed by atoms with Gasteiger partial charge in [0.05, 0.1) is 24.5 Å². The van der Waals surface area contributed by atoms with E-state index in [0.717, 1.165) is 0 Å². The van der Waals surface area contributed by atoms with Crippen LogP contribution in [0.5, 0.6) is 0 Å². The van der Waals surface area contributed by atoms with Crippen LogP contribution < -0.4 is 5.73 Å². The topological polar surface area (TPSA) is 84.4 Å². The lowest BCUT2D eigenvalue weighted by molar-refractivity contribution is -0.133. The monoisotopic (exact) mass is 212 g/mol. The van der Waals surface area contributed by atoms with Crippen molar-refractivity contribution in [3.05, 3.63) is 12.4 Å². The smallest absolute Gasteiger partial charge is 0.244 e. The first-order valence-electron chi connectivity index (χ1n) is 4.69. The van der Waals surface area contributed by atoms with Crippen molar-refractivity contribution in [3.63, 3.8) is 0 Å². The van der Waals surface area contributed by atoms with Gasteiger partial charge in [0.2, 0.25) is 5.91 Å². The number of nitrogen functional groups attached to an aromatic ring is 1. The first-order chi connectivity index (χ1) is 7.04. The van der Waals surface area contributed by atoms with Gasteiger partial charge in [-0.3, -0.25) is 9.48 Å². The molecule has 0 saturated carbocycles. The molecular formula is C9H16N4O2. The molecule has 0 spiro atoms. The van der Waals surface area contributed by atoms with Crippen molar-refractivity contribution >= 4 is 11.6 Å². The molecule has 84 valence electrons. The van der Waals surface area contributed by atoms with Crippen molar-refractivity contribution in [3.8, 4) is 0 Å². The van der Waals surface area contributed by atoms with Crippen LogP contribution in [0.4, 0.5) is 5.69 Å². The van der Waals surface area contributed by atoms with E-state index in [0.29, 0.717) is 5.69 Å². The van der Waals surface area contributed by atoms with Crippen molar-refractivity contribution in [2.45, 2.75) is 19.5 Å². The highest BCUT2D eigenvalue weighted by Gasteiger charge is 2.15. The minimum absolute atomic E-state index is 0.0521. The van der Waals surface area contributed by atoms with E-state index in [9.17, 15) is 4.79 Å². The summed E-state index contributed by atoms with van der Waals surface area (Å²) in [6.45, 7) is 1.86. The van der Waals surface area contributed by atoms with Gasteiger partial charge < -0.3 is 15.7 Å². The number of rotatable bonds is 4. The summed E-state index contributed by atoms with van der Waals surface area (Å²) in [5.74, 6) is -0.111. The quantitative estimate of drug-likeness (QED) is 0.691. The Balaban J connectivity index is 2.55. The van der Waals surface area contributed by atoms with Crippen LogP contribution in [0.25, 0.3) is 0 Å². The molecule has 1 aromatic rings. The molecule has 1 heterocycles. The second kappa shape index (κ2) is 4.79. The number of amides is 1. The number of carbonyl (C=O) groups is 1. The Morgan fingerprint density at radius 1 is 1.80 bits per heavy atom. The van der Waals surface area contributed by atoms with Crippen LogP contribution in [-0.2, 0) is 11.3 Å². The molecule has 1 aromatic heterocycles. The Labute approximate surface area is 88.3 Å². The van der Waals surface area contributed by atoms with Crippen LogP contribution in [0.15, 0.2) is 12.4 Å². The Bertz CT molecular complexity index is 337. The lowest BCUT2D eigenvalue weighted by atomic mass is 10.3. The predicted molar refractivity (Wildman–Crippen MR) is 56.0 cm³/mol. The average Bonchev–Trinajstić information content (AvgIpc) is 2.61. The third kappa shape index (κ3) is 2.95. The van der Waals surface area contributed by atoms with Gasteiger partial charge in [-0.1, -0.05) is 0 Å². The number of aromatic nitrogens is 2. The summed E-state index contributed by atoms with van der Waals surface area (Å²) in [5.41, 5.74) is 6.00. The van der Waals surface area contributed by atoms with Crippen LogP contribution in [0.2, 0.25) is 0 Å². The third-order valence-electron chi connectivity index (χ3n) is 2.27. The second-order valence-corrected chi connectivity index (χ2v) is 3.51. The summed E-state index contributed by atoms with van der Waals surface area (Å²) in [6, 6.07) is -0.189. The first kappa shape index (κ1) is 11.5. The van der Waals surface area contributed by atoms with E-state index in [4.69, 9.17) is 10.8 Å². The highest BCUT2D eigenvalue weighted by atomic mass is 16.3. The van der Waals surface area contributed by atoms with Crippen LogP contribution in [-0.4, -0.2) is 45.4 Å². The molecule has 0 aliphatic heterocycles. The first-order valence-corrected chi connectivity index (χ1v) is 4.69. The van der Waals surface area contributed by atoms with E-state index in [1.807, 2.05) is 0 Å². The summed E-state index contributed by atoms with van der Waals surface area (Å²) < 4.78 is 1.47. The Hall–Kier alpha value is -1.56. The van der Waals surface area contributed by atoms with Gasteiger partial charge in [-0.2, -0.15) is 5.10 Å². The zero-order chi connectivity index (χ0) is 11.4. The number of aliphatic hydroxyl groups is 1. The molecule has 0 aromatic carbocycles. The molecule has 0 aliphatic carbocycles. The normalized spacial score (nSPS) is 12.5. The lowest BCUT2D eigenvalue weighted by Gasteiger charge is -2.22. The number of nitrogens with zero attached hydrogens (tertiary/aromatic N) is 3. The predicted octanol–water partition coefficient (Wildman–Crippen LogP) is -0.696. The number of nitrogens with two attached hydrogens (primary N) is 1. The minimum Gasteiger partial charge on any atom is -0.396 e. The number of hydrogen-bond acceptors (Lipinski definition) is 4. The molecule has 6 heteroatoms. The fourth-order valence-electron chi connectivity index (χ4n) is 1.08. The molecule has 0 bridgehead atoms. The molecule has 15 heavy (non-hydrogen) atoms. The molecule has 3 N–H and O–H groups in total. The number of hydrogen-bond donors (Lipinski definition) is 2. The Morgan fingerprint density at radius 3 is 2.93 bits per heavy atom. The van der Waals surface area contributed by atoms with Crippen LogP contribution in [0.1, 0.15) is 6.92 Å². The largest absolute Gasteiger partial charge is 0.396 e. The molecule has 0 aliphatic rings. The summed E-state index contributed by atoms with van der Waals surface area (Å²) in [5, 5.41) is 12.8. The summed E-state index contributed by atoms with van der Waals surface area (Å²) in [6.07, 6.45) is 3.08. The minimum atomic E-state index is -0.189. The summed E-state index contributed by atoms with van der Waals surface area (Å²) >= 11 is 0. The van der Waals surface area contributed by atoms with Gasteiger partial charge in [-0.05, 0) is 6.92 Å². The summed E-state index contributed by atoms with van der Waals surface area (Å²) in [7, 11) is 1.65. The van der Waals surface area contributed by atoms with Gasteiger partial charge in [0, 0.05) is 13.2 Å². The number of anilines is 1. The zero-order valence-corrected chi connectivity index (χ0v) is 8.92. The fourth-order valence-corrected chi connectivity index (χ4v) is 1.08. The van der Waals surface area contributed by atoms with Crippen molar-refractivity contribution in [1.29, 1.82) is 0 Å². The van der Waals surface area contributed by atoms with E-state index in [-0.39, 0.29) is 25.1 Å². The molecule has 0 fully saturated rings. The van der Waals surface area contributed by atoms with Crippen LogP contribution in [0.3, 0.4) is 0 Å². The van der Waals surface area contributed by atoms with Crippen LogP contribution >= 0.6 is 0 Å². The fraction of sp³-hybridized carbons (Fsp3) is 0.556. The molecule has 0 radical (unpaired) electrons. The van der Waals surface area contributed by atoms with Gasteiger partial charge in [-0.25, -0.2) is 0 Å². The molecule has 6 nitrogen and oxygen atoms in total. The maximum atomic E-state index is 11.6. The van der Waals surface area contributed by atoms with Gasteiger partial charge in [0.1, 0.15) is 6.54 Å². The van der Waals surface area contributed by atoms with E-state index in [1.54, 1.807) is 20.2 Å². The van der Waals surface area contributed by atoms with Gasteiger partial charge in [-0.15, -0.1) is 0 Å². The molecule has 0 saturated heterocycles. The van der Waals surface area contributed by atoms with Crippen molar-refractivity contribution in [1.82, 2.24) is 14.7 Å². The Morgan fingerprint density at radius 2 is 2.47 bits per heavy atom. The van der Waals surface area contributed by atoms with E-state index in [1.165, 1.54) is 15.8 Å². The highest BCUT2D eigenvalue weighted by Crippen LogP contribution is 2.01. The lowest BCUT2D eigenvalue weighted by Crippen LogP contribution is -2.39. The Kier molecular flexibility index (Phi) is 3.68. The number of aliphatic hydroxyl groups excluding tert-OH is 1. The van der Waals surface area contributed by atoms with E-state index in [2.05, 4.69) is 5.10 Å². The molecule has 1 atom stereocenters. The van der Waals surface area contributed by atoms with Crippen molar-refractivity contribution in [2.75, 3.05) is 19.4 Å². The van der Waals surface area contributed by atoms with E-state index >= 15 is 0 Å².